The molecule has 0 saturated carbocycles. The zero-order valence-corrected chi connectivity index (χ0v) is 16.4. The van der Waals surface area contributed by atoms with Gasteiger partial charge >= 0.3 is 0 Å². The van der Waals surface area contributed by atoms with E-state index in [2.05, 4.69) is 5.32 Å². The third-order valence-corrected chi connectivity index (χ3v) is 7.33. The van der Waals surface area contributed by atoms with Crippen LogP contribution in [-0.4, -0.2) is 50.5 Å². The molecule has 1 aromatic carbocycles. The van der Waals surface area contributed by atoms with E-state index in [1.165, 1.54) is 16.4 Å². The minimum absolute atomic E-state index is 0.00320. The second kappa shape index (κ2) is 8.25. The lowest BCUT2D eigenvalue weighted by Crippen LogP contribution is -2.47. The molecule has 2 aliphatic heterocycles. The lowest BCUT2D eigenvalue weighted by molar-refractivity contribution is -0.127. The van der Waals surface area contributed by atoms with Gasteiger partial charge in [0.15, 0.2) is 0 Å². The number of amides is 1. The Hall–Kier alpha value is -1.15. The minimum Gasteiger partial charge on any atom is -0.376 e. The summed E-state index contributed by atoms with van der Waals surface area (Å²) in [6.07, 6.45) is 3.14. The standard InChI is InChI=1S/C18H25ClN2O4S/c1-13(17-3-2-12-25-17)20-18(22)14-8-10-21(11-9-14)26(23,24)16-6-4-15(19)5-7-16/h4-7,13-14,17H,2-3,8-12H2,1H3,(H,20,22). The molecule has 144 valence electrons. The van der Waals surface area contributed by atoms with Crippen LogP contribution in [0.5, 0.6) is 0 Å². The van der Waals surface area contributed by atoms with Gasteiger partial charge in [-0.2, -0.15) is 4.31 Å². The van der Waals surface area contributed by atoms with Gasteiger partial charge in [0.2, 0.25) is 15.9 Å². The van der Waals surface area contributed by atoms with E-state index in [-0.39, 0.29) is 28.9 Å². The van der Waals surface area contributed by atoms with Crippen molar-refractivity contribution in [1.82, 2.24) is 9.62 Å². The first-order valence-corrected chi connectivity index (χ1v) is 10.9. The monoisotopic (exact) mass is 400 g/mol. The summed E-state index contributed by atoms with van der Waals surface area (Å²) in [5.74, 6) is -0.160. The fourth-order valence-corrected chi connectivity index (χ4v) is 5.14. The average Bonchev–Trinajstić information content (AvgIpc) is 3.17. The lowest BCUT2D eigenvalue weighted by Gasteiger charge is -2.31. The number of carbonyl (C=O) groups is 1. The van der Waals surface area contributed by atoms with Crippen molar-refractivity contribution in [1.29, 1.82) is 0 Å². The maximum Gasteiger partial charge on any atom is 0.243 e. The van der Waals surface area contributed by atoms with Crippen LogP contribution >= 0.6 is 11.6 Å². The van der Waals surface area contributed by atoms with Gasteiger partial charge in [0.1, 0.15) is 0 Å². The molecule has 0 aliphatic carbocycles. The average molecular weight is 401 g/mol. The predicted molar refractivity (Wildman–Crippen MR) is 99.5 cm³/mol. The van der Waals surface area contributed by atoms with Crippen LogP contribution in [0, 0.1) is 5.92 Å². The Kier molecular flexibility index (Phi) is 6.22. The summed E-state index contributed by atoms with van der Waals surface area (Å²) < 4.78 is 32.4. The molecule has 0 radical (unpaired) electrons. The molecule has 2 heterocycles. The molecular weight excluding hydrogens is 376 g/mol. The summed E-state index contributed by atoms with van der Waals surface area (Å²) in [5.41, 5.74) is 0. The third kappa shape index (κ3) is 4.39. The van der Waals surface area contributed by atoms with Crippen LogP contribution in [0.25, 0.3) is 0 Å². The Morgan fingerprint density at radius 2 is 1.88 bits per heavy atom. The maximum absolute atomic E-state index is 12.7. The summed E-state index contributed by atoms with van der Waals surface area (Å²) in [6, 6.07) is 6.16. The maximum atomic E-state index is 12.7. The van der Waals surface area contributed by atoms with Crippen molar-refractivity contribution in [2.45, 2.75) is 49.6 Å². The first-order chi connectivity index (χ1) is 12.4. The molecule has 0 bridgehead atoms. The summed E-state index contributed by atoms with van der Waals surface area (Å²) >= 11 is 5.83. The van der Waals surface area contributed by atoms with Gasteiger partial charge in [-0.05, 0) is 56.9 Å². The van der Waals surface area contributed by atoms with E-state index in [4.69, 9.17) is 16.3 Å². The molecule has 3 rings (SSSR count). The van der Waals surface area contributed by atoms with Crippen LogP contribution in [0.15, 0.2) is 29.2 Å². The number of nitrogens with one attached hydrogen (secondary N) is 1. The van der Waals surface area contributed by atoms with Gasteiger partial charge in [0.05, 0.1) is 17.0 Å². The number of hydrogen-bond donors (Lipinski definition) is 1. The van der Waals surface area contributed by atoms with Gasteiger partial charge in [-0.15, -0.1) is 0 Å². The van der Waals surface area contributed by atoms with E-state index in [1.807, 2.05) is 6.92 Å². The van der Waals surface area contributed by atoms with E-state index >= 15 is 0 Å². The second-order valence-electron chi connectivity index (χ2n) is 6.98. The Labute approximate surface area is 159 Å². The van der Waals surface area contributed by atoms with E-state index in [0.29, 0.717) is 31.0 Å². The number of piperidine rings is 1. The molecule has 6 nitrogen and oxygen atoms in total. The van der Waals surface area contributed by atoms with Gasteiger partial charge < -0.3 is 10.1 Å². The number of nitrogens with zero attached hydrogens (tertiary/aromatic N) is 1. The molecule has 1 amide bonds. The molecule has 0 aromatic heterocycles. The smallest absolute Gasteiger partial charge is 0.243 e. The van der Waals surface area contributed by atoms with Crippen molar-refractivity contribution >= 4 is 27.5 Å². The van der Waals surface area contributed by atoms with Crippen molar-refractivity contribution in [2.24, 2.45) is 5.92 Å². The third-order valence-electron chi connectivity index (χ3n) is 5.17. The summed E-state index contributed by atoms with van der Waals surface area (Å²) in [5, 5.41) is 3.54. The number of halogens is 1. The molecule has 26 heavy (non-hydrogen) atoms. The highest BCUT2D eigenvalue weighted by molar-refractivity contribution is 7.89. The molecule has 2 saturated heterocycles. The molecular formula is C18H25ClN2O4S. The Bertz CT molecular complexity index is 724. The Morgan fingerprint density at radius 3 is 2.46 bits per heavy atom. The normalized spacial score (nSPS) is 23.7. The number of ether oxygens (including phenoxy) is 1. The zero-order chi connectivity index (χ0) is 18.7. The quantitative estimate of drug-likeness (QED) is 0.823. The molecule has 2 atom stereocenters. The number of carbonyl (C=O) groups excluding carboxylic acids is 1. The van der Waals surface area contributed by atoms with Gasteiger partial charge in [-0.25, -0.2) is 8.42 Å². The van der Waals surface area contributed by atoms with Gasteiger partial charge in [0, 0.05) is 30.6 Å². The van der Waals surface area contributed by atoms with E-state index in [1.54, 1.807) is 12.1 Å². The number of rotatable bonds is 5. The molecule has 2 fully saturated rings. The van der Waals surface area contributed by atoms with Crippen LogP contribution in [0.3, 0.4) is 0 Å². The van der Waals surface area contributed by atoms with Crippen molar-refractivity contribution in [3.63, 3.8) is 0 Å². The number of hydrogen-bond acceptors (Lipinski definition) is 4. The topological polar surface area (TPSA) is 75.7 Å². The van der Waals surface area contributed by atoms with E-state index in [9.17, 15) is 13.2 Å². The fraction of sp³-hybridized carbons (Fsp3) is 0.611. The number of benzene rings is 1. The highest BCUT2D eigenvalue weighted by Crippen LogP contribution is 2.25. The largest absolute Gasteiger partial charge is 0.376 e. The first kappa shape index (κ1) is 19.6. The van der Waals surface area contributed by atoms with E-state index < -0.39 is 10.0 Å². The first-order valence-electron chi connectivity index (χ1n) is 9.05. The lowest BCUT2D eigenvalue weighted by atomic mass is 9.96. The van der Waals surface area contributed by atoms with Gasteiger partial charge in [-0.3, -0.25) is 4.79 Å². The second-order valence-corrected chi connectivity index (χ2v) is 9.36. The highest BCUT2D eigenvalue weighted by atomic mass is 35.5. The van der Waals surface area contributed by atoms with Crippen molar-refractivity contribution in [3.05, 3.63) is 29.3 Å². The zero-order valence-electron chi connectivity index (χ0n) is 14.9. The molecule has 8 heteroatoms. The van der Waals surface area contributed by atoms with Crippen LogP contribution in [-0.2, 0) is 19.6 Å². The van der Waals surface area contributed by atoms with E-state index in [0.717, 1.165) is 19.4 Å². The Balaban J connectivity index is 1.54. The number of sulfonamides is 1. The summed E-state index contributed by atoms with van der Waals surface area (Å²) in [4.78, 5) is 12.7. The fourth-order valence-electron chi connectivity index (χ4n) is 3.55. The summed E-state index contributed by atoms with van der Waals surface area (Å²) in [6.45, 7) is 3.41. The predicted octanol–water partition coefficient (Wildman–Crippen LogP) is 2.42. The molecule has 1 aromatic rings. The van der Waals surface area contributed by atoms with Crippen LogP contribution < -0.4 is 5.32 Å². The minimum atomic E-state index is -3.54. The summed E-state index contributed by atoms with van der Waals surface area (Å²) in [7, 11) is -3.54. The Morgan fingerprint density at radius 1 is 1.23 bits per heavy atom. The van der Waals surface area contributed by atoms with Gasteiger partial charge in [0.25, 0.3) is 0 Å². The molecule has 2 unspecified atom stereocenters. The van der Waals surface area contributed by atoms with Crippen LogP contribution in [0.4, 0.5) is 0 Å². The molecule has 1 N–H and O–H groups in total. The van der Waals surface area contributed by atoms with Crippen LogP contribution in [0.2, 0.25) is 5.02 Å². The van der Waals surface area contributed by atoms with Crippen molar-refractivity contribution in [3.8, 4) is 0 Å². The highest BCUT2D eigenvalue weighted by Gasteiger charge is 2.33. The SMILES string of the molecule is CC(NC(=O)C1CCN(S(=O)(=O)c2ccc(Cl)cc2)CC1)C1CCCO1. The van der Waals surface area contributed by atoms with Gasteiger partial charge in [-0.1, -0.05) is 11.6 Å². The van der Waals surface area contributed by atoms with Crippen molar-refractivity contribution in [2.75, 3.05) is 19.7 Å². The molecule has 2 aliphatic rings. The van der Waals surface area contributed by atoms with Crippen molar-refractivity contribution < 1.29 is 17.9 Å². The van der Waals surface area contributed by atoms with Crippen LogP contribution in [0.1, 0.15) is 32.6 Å². The molecule has 0 spiro atoms.